The van der Waals surface area contributed by atoms with Crippen molar-refractivity contribution in [1.29, 1.82) is 0 Å². The molecule has 1 aromatic rings. The largest absolute Gasteiger partial charge is 0.497 e. The fourth-order valence-electron chi connectivity index (χ4n) is 4.16. The van der Waals surface area contributed by atoms with Crippen LogP contribution in [0.15, 0.2) is 18.2 Å². The molecule has 20 heavy (non-hydrogen) atoms. The van der Waals surface area contributed by atoms with Gasteiger partial charge >= 0.3 is 0 Å². The third kappa shape index (κ3) is 2.13. The third-order valence-corrected chi connectivity index (χ3v) is 5.19. The van der Waals surface area contributed by atoms with Gasteiger partial charge in [0.1, 0.15) is 5.75 Å². The zero-order valence-corrected chi connectivity index (χ0v) is 12.1. The maximum atomic E-state index is 5.97. The Bertz CT molecular complexity index is 502. The first kappa shape index (κ1) is 12.7. The second-order valence-corrected chi connectivity index (χ2v) is 6.39. The number of methoxy groups -OCH3 is 1. The monoisotopic (exact) mass is 273 g/mol. The molecule has 3 heteroatoms. The molecule has 2 saturated heterocycles. The summed E-state index contributed by atoms with van der Waals surface area (Å²) in [5.74, 6) is 0.979. The molecule has 2 fully saturated rings. The fraction of sp³-hybridized carbons (Fsp3) is 0.647. The molecule has 108 valence electrons. The zero-order valence-electron chi connectivity index (χ0n) is 12.1. The molecule has 0 spiro atoms. The van der Waals surface area contributed by atoms with Crippen LogP contribution < -0.4 is 10.1 Å². The van der Waals surface area contributed by atoms with Crippen LogP contribution in [-0.2, 0) is 11.2 Å². The van der Waals surface area contributed by atoms with Crippen LogP contribution in [0.1, 0.15) is 49.3 Å². The van der Waals surface area contributed by atoms with Crippen molar-refractivity contribution in [2.75, 3.05) is 7.11 Å². The van der Waals surface area contributed by atoms with Gasteiger partial charge in [-0.1, -0.05) is 6.07 Å². The number of hydrogen-bond acceptors (Lipinski definition) is 3. The van der Waals surface area contributed by atoms with Crippen molar-refractivity contribution in [3.8, 4) is 5.75 Å². The standard InChI is InChI=1S/C17H23NO2/c1-19-12-5-7-14-11(9-12)3-2-4-15(14)18-16-10-13-6-8-17(16)20-13/h5,7,9,13,15-18H,2-4,6,8,10H2,1H3. The summed E-state index contributed by atoms with van der Waals surface area (Å²) in [6.45, 7) is 0. The molecular formula is C17H23NO2. The van der Waals surface area contributed by atoms with Crippen molar-refractivity contribution in [3.63, 3.8) is 0 Å². The van der Waals surface area contributed by atoms with Gasteiger partial charge in [0.25, 0.3) is 0 Å². The van der Waals surface area contributed by atoms with Crippen LogP contribution in [0.4, 0.5) is 0 Å². The first-order valence-electron chi connectivity index (χ1n) is 7.92. The van der Waals surface area contributed by atoms with Gasteiger partial charge in [-0.25, -0.2) is 0 Å². The van der Waals surface area contributed by atoms with Crippen molar-refractivity contribution >= 4 is 0 Å². The van der Waals surface area contributed by atoms with E-state index >= 15 is 0 Å². The molecule has 4 atom stereocenters. The van der Waals surface area contributed by atoms with Gasteiger partial charge in [-0.3, -0.25) is 0 Å². The lowest BCUT2D eigenvalue weighted by Crippen LogP contribution is -2.40. The maximum Gasteiger partial charge on any atom is 0.119 e. The first-order chi connectivity index (χ1) is 9.83. The van der Waals surface area contributed by atoms with Crippen molar-refractivity contribution in [3.05, 3.63) is 29.3 Å². The van der Waals surface area contributed by atoms with E-state index in [1.165, 1.54) is 49.7 Å². The molecule has 0 saturated carbocycles. The average molecular weight is 273 g/mol. The number of aryl methyl sites for hydroxylation is 1. The molecule has 2 aliphatic heterocycles. The lowest BCUT2D eigenvalue weighted by molar-refractivity contribution is 0.0956. The van der Waals surface area contributed by atoms with E-state index in [1.54, 1.807) is 7.11 Å². The minimum absolute atomic E-state index is 0.462. The van der Waals surface area contributed by atoms with Crippen molar-refractivity contribution in [2.45, 2.75) is 62.8 Å². The molecule has 4 rings (SSSR count). The van der Waals surface area contributed by atoms with Crippen molar-refractivity contribution in [2.24, 2.45) is 0 Å². The smallest absolute Gasteiger partial charge is 0.119 e. The molecule has 1 aliphatic carbocycles. The van der Waals surface area contributed by atoms with Gasteiger partial charge in [0.2, 0.25) is 0 Å². The minimum atomic E-state index is 0.462. The molecule has 4 unspecified atom stereocenters. The van der Waals surface area contributed by atoms with E-state index < -0.39 is 0 Å². The Balaban J connectivity index is 1.53. The van der Waals surface area contributed by atoms with E-state index in [-0.39, 0.29) is 0 Å². The SMILES string of the molecule is COc1ccc2c(c1)CCCC2NC1CC2CCC1O2. The molecule has 0 aromatic heterocycles. The Morgan fingerprint density at radius 3 is 2.95 bits per heavy atom. The number of nitrogens with one attached hydrogen (secondary N) is 1. The summed E-state index contributed by atoms with van der Waals surface area (Å²) in [7, 11) is 1.74. The first-order valence-corrected chi connectivity index (χ1v) is 7.92. The third-order valence-electron chi connectivity index (χ3n) is 5.19. The maximum absolute atomic E-state index is 5.97. The lowest BCUT2D eigenvalue weighted by atomic mass is 9.86. The zero-order chi connectivity index (χ0) is 13.5. The molecule has 3 nitrogen and oxygen atoms in total. The Morgan fingerprint density at radius 1 is 1.25 bits per heavy atom. The summed E-state index contributed by atoms with van der Waals surface area (Å²) >= 11 is 0. The van der Waals surface area contributed by atoms with E-state index in [4.69, 9.17) is 9.47 Å². The highest BCUT2D eigenvalue weighted by Crippen LogP contribution is 2.38. The van der Waals surface area contributed by atoms with E-state index in [0.29, 0.717) is 24.3 Å². The van der Waals surface area contributed by atoms with Gasteiger partial charge in [-0.2, -0.15) is 0 Å². The molecule has 2 bridgehead atoms. The molecule has 1 N–H and O–H groups in total. The lowest BCUT2D eigenvalue weighted by Gasteiger charge is -2.31. The van der Waals surface area contributed by atoms with E-state index in [0.717, 1.165) is 5.75 Å². The highest BCUT2D eigenvalue weighted by molar-refractivity contribution is 5.39. The predicted octanol–water partition coefficient (Wildman–Crippen LogP) is 2.98. The van der Waals surface area contributed by atoms with Crippen LogP contribution in [0.3, 0.4) is 0 Å². The number of rotatable bonds is 3. The van der Waals surface area contributed by atoms with Gasteiger partial charge in [0, 0.05) is 12.1 Å². The second kappa shape index (κ2) is 5.05. The van der Waals surface area contributed by atoms with Gasteiger partial charge in [-0.15, -0.1) is 0 Å². The second-order valence-electron chi connectivity index (χ2n) is 6.39. The molecular weight excluding hydrogens is 250 g/mol. The summed E-state index contributed by atoms with van der Waals surface area (Å²) in [5.41, 5.74) is 2.93. The number of benzene rings is 1. The summed E-state index contributed by atoms with van der Waals surface area (Å²) in [6.07, 6.45) is 8.38. The molecule has 0 radical (unpaired) electrons. The van der Waals surface area contributed by atoms with Gasteiger partial charge < -0.3 is 14.8 Å². The molecule has 0 amide bonds. The number of hydrogen-bond donors (Lipinski definition) is 1. The molecule has 2 heterocycles. The predicted molar refractivity (Wildman–Crippen MR) is 78.1 cm³/mol. The van der Waals surface area contributed by atoms with Crippen LogP contribution in [0, 0.1) is 0 Å². The van der Waals surface area contributed by atoms with Gasteiger partial charge in [0.15, 0.2) is 0 Å². The highest BCUT2D eigenvalue weighted by atomic mass is 16.5. The topological polar surface area (TPSA) is 30.5 Å². The van der Waals surface area contributed by atoms with Crippen LogP contribution in [-0.4, -0.2) is 25.4 Å². The van der Waals surface area contributed by atoms with Crippen molar-refractivity contribution in [1.82, 2.24) is 5.32 Å². The van der Waals surface area contributed by atoms with Crippen LogP contribution >= 0.6 is 0 Å². The Labute approximate surface area is 120 Å². The van der Waals surface area contributed by atoms with Crippen molar-refractivity contribution < 1.29 is 9.47 Å². The normalized spacial score (nSPS) is 35.0. The highest BCUT2D eigenvalue weighted by Gasteiger charge is 2.41. The molecule has 1 aromatic carbocycles. The van der Waals surface area contributed by atoms with Crippen LogP contribution in [0.2, 0.25) is 0 Å². The van der Waals surface area contributed by atoms with E-state index in [1.807, 2.05) is 0 Å². The van der Waals surface area contributed by atoms with E-state index in [9.17, 15) is 0 Å². The summed E-state index contributed by atoms with van der Waals surface area (Å²) in [4.78, 5) is 0. The van der Waals surface area contributed by atoms with Crippen LogP contribution in [0.25, 0.3) is 0 Å². The van der Waals surface area contributed by atoms with Crippen LogP contribution in [0.5, 0.6) is 5.75 Å². The Morgan fingerprint density at radius 2 is 2.20 bits per heavy atom. The Hall–Kier alpha value is -1.06. The van der Waals surface area contributed by atoms with E-state index in [2.05, 4.69) is 23.5 Å². The van der Waals surface area contributed by atoms with Gasteiger partial charge in [0.05, 0.1) is 19.3 Å². The summed E-state index contributed by atoms with van der Waals surface area (Å²) < 4.78 is 11.3. The average Bonchev–Trinajstić information content (AvgIpc) is 3.09. The summed E-state index contributed by atoms with van der Waals surface area (Å²) in [5, 5.41) is 3.88. The number of ether oxygens (including phenoxy) is 2. The number of fused-ring (bicyclic) bond motifs is 3. The summed E-state index contributed by atoms with van der Waals surface area (Å²) in [6, 6.07) is 7.61. The fourth-order valence-corrected chi connectivity index (χ4v) is 4.16. The molecule has 3 aliphatic rings. The Kier molecular flexibility index (Phi) is 3.20. The minimum Gasteiger partial charge on any atom is -0.497 e. The quantitative estimate of drug-likeness (QED) is 0.918. The van der Waals surface area contributed by atoms with Gasteiger partial charge in [-0.05, 0) is 61.8 Å².